The maximum Gasteiger partial charge on any atom is 0.306 e. The summed E-state index contributed by atoms with van der Waals surface area (Å²) < 4.78 is 5.19. The smallest absolute Gasteiger partial charge is 0.306 e. The van der Waals surface area contributed by atoms with E-state index < -0.39 is 0 Å². The molecule has 0 spiro atoms. The fourth-order valence-corrected chi connectivity index (χ4v) is 2.80. The van der Waals surface area contributed by atoms with Crippen molar-refractivity contribution in [1.29, 1.82) is 0 Å². The van der Waals surface area contributed by atoms with Crippen molar-refractivity contribution < 1.29 is 14.3 Å². The second-order valence-electron chi connectivity index (χ2n) is 5.99. The first-order chi connectivity index (χ1) is 10.0. The molecule has 0 radical (unpaired) electrons. The lowest BCUT2D eigenvalue weighted by molar-refractivity contribution is -0.153. The lowest BCUT2D eigenvalue weighted by Crippen LogP contribution is -2.33. The Kier molecular flexibility index (Phi) is 5.32. The first-order valence-electron chi connectivity index (χ1n) is 7.42. The predicted octanol–water partition coefficient (Wildman–Crippen LogP) is 3.33. The summed E-state index contributed by atoms with van der Waals surface area (Å²) in [5.74, 6) is 0.219. The lowest BCUT2D eigenvalue weighted by Gasteiger charge is -2.30. The van der Waals surface area contributed by atoms with Gasteiger partial charge in [0.2, 0.25) is 0 Å². The Morgan fingerprint density at radius 1 is 1.24 bits per heavy atom. The molecule has 0 amide bonds. The molecule has 1 aromatic rings. The molecule has 112 valence electrons. The van der Waals surface area contributed by atoms with Gasteiger partial charge in [-0.15, -0.1) is 0 Å². The van der Waals surface area contributed by atoms with Crippen molar-refractivity contribution in [2.24, 2.45) is 11.8 Å². The minimum Gasteiger partial charge on any atom is -0.465 e. The second-order valence-corrected chi connectivity index (χ2v) is 5.99. The van der Waals surface area contributed by atoms with Crippen LogP contribution in [0, 0.1) is 11.8 Å². The molecule has 1 unspecified atom stereocenters. The molecule has 0 N–H and O–H groups in total. The number of cyclic esters (lactones) is 1. The fraction of sp³-hybridized carbons (Fsp3) is 0.444. The maximum absolute atomic E-state index is 12.0. The van der Waals surface area contributed by atoms with Crippen LogP contribution in [0.3, 0.4) is 0 Å². The number of ketones is 1. The minimum absolute atomic E-state index is 0.0783. The average molecular weight is 286 g/mol. The highest BCUT2D eigenvalue weighted by Gasteiger charge is 2.31. The molecule has 2 rings (SSSR count). The van der Waals surface area contributed by atoms with Gasteiger partial charge < -0.3 is 4.74 Å². The Labute approximate surface area is 126 Å². The van der Waals surface area contributed by atoms with E-state index in [-0.39, 0.29) is 23.6 Å². The molecule has 1 heterocycles. The van der Waals surface area contributed by atoms with Crippen LogP contribution in [-0.4, -0.2) is 18.4 Å². The summed E-state index contributed by atoms with van der Waals surface area (Å²) in [6.07, 6.45) is 3.29. The Morgan fingerprint density at radius 2 is 1.95 bits per heavy atom. The average Bonchev–Trinajstić information content (AvgIpc) is 2.42. The normalized spacial score (nSPS) is 21.5. The first kappa shape index (κ1) is 15.5. The second kappa shape index (κ2) is 7.21. The highest BCUT2D eigenvalue weighted by Crippen LogP contribution is 2.29. The quantitative estimate of drug-likeness (QED) is 0.616. The predicted molar refractivity (Wildman–Crippen MR) is 81.8 cm³/mol. The van der Waals surface area contributed by atoms with Crippen molar-refractivity contribution in [3.8, 4) is 0 Å². The SMILES string of the molecule is CC(C)=CC(=O)CC1CC(=O)OC[C@@H]1Cc1ccccc1. The molecule has 21 heavy (non-hydrogen) atoms. The molecule has 3 heteroatoms. The highest BCUT2D eigenvalue weighted by molar-refractivity contribution is 5.90. The summed E-state index contributed by atoms with van der Waals surface area (Å²) >= 11 is 0. The largest absolute Gasteiger partial charge is 0.465 e. The summed E-state index contributed by atoms with van der Waals surface area (Å²) in [6.45, 7) is 4.24. The van der Waals surface area contributed by atoms with Gasteiger partial charge in [-0.25, -0.2) is 0 Å². The van der Waals surface area contributed by atoms with Gasteiger partial charge in [0.25, 0.3) is 0 Å². The summed E-state index contributed by atoms with van der Waals surface area (Å²) in [6, 6.07) is 10.2. The summed E-state index contributed by atoms with van der Waals surface area (Å²) in [7, 11) is 0. The number of esters is 1. The Morgan fingerprint density at radius 3 is 2.62 bits per heavy atom. The van der Waals surface area contributed by atoms with E-state index in [1.54, 1.807) is 6.08 Å². The molecule has 3 nitrogen and oxygen atoms in total. The number of hydrogen-bond acceptors (Lipinski definition) is 3. The van der Waals surface area contributed by atoms with Gasteiger partial charge in [-0.2, -0.15) is 0 Å². The number of rotatable bonds is 5. The molecule has 1 fully saturated rings. The van der Waals surface area contributed by atoms with Crippen LogP contribution >= 0.6 is 0 Å². The number of benzene rings is 1. The molecule has 0 bridgehead atoms. The fourth-order valence-electron chi connectivity index (χ4n) is 2.80. The third-order valence-electron chi connectivity index (χ3n) is 3.81. The van der Waals surface area contributed by atoms with Crippen molar-refractivity contribution in [3.63, 3.8) is 0 Å². The van der Waals surface area contributed by atoms with Gasteiger partial charge in [0.1, 0.15) is 0 Å². The molecule has 0 saturated carbocycles. The van der Waals surface area contributed by atoms with Crippen LogP contribution < -0.4 is 0 Å². The van der Waals surface area contributed by atoms with Crippen LogP contribution in [-0.2, 0) is 20.7 Å². The van der Waals surface area contributed by atoms with Crippen LogP contribution in [0.5, 0.6) is 0 Å². The Bertz CT molecular complexity index is 527. The van der Waals surface area contributed by atoms with Gasteiger partial charge in [0.15, 0.2) is 5.78 Å². The zero-order chi connectivity index (χ0) is 15.2. The molecule has 1 aromatic carbocycles. The lowest BCUT2D eigenvalue weighted by atomic mass is 9.80. The van der Waals surface area contributed by atoms with E-state index in [0.717, 1.165) is 12.0 Å². The number of hydrogen-bond donors (Lipinski definition) is 0. The van der Waals surface area contributed by atoms with E-state index in [1.165, 1.54) is 5.56 Å². The maximum atomic E-state index is 12.0. The van der Waals surface area contributed by atoms with Crippen molar-refractivity contribution in [1.82, 2.24) is 0 Å². The number of carbonyl (C=O) groups excluding carboxylic acids is 2. The third kappa shape index (κ3) is 4.85. The Balaban J connectivity index is 2.04. The van der Waals surface area contributed by atoms with Crippen LogP contribution in [0.4, 0.5) is 0 Å². The monoisotopic (exact) mass is 286 g/mol. The molecular weight excluding hydrogens is 264 g/mol. The van der Waals surface area contributed by atoms with Gasteiger partial charge in [-0.3, -0.25) is 9.59 Å². The topological polar surface area (TPSA) is 43.4 Å². The zero-order valence-corrected chi connectivity index (χ0v) is 12.7. The third-order valence-corrected chi connectivity index (χ3v) is 3.81. The molecule has 2 atom stereocenters. The molecule has 0 aliphatic carbocycles. The zero-order valence-electron chi connectivity index (χ0n) is 12.7. The number of allylic oxidation sites excluding steroid dienone is 2. The van der Waals surface area contributed by atoms with E-state index in [0.29, 0.717) is 19.4 Å². The van der Waals surface area contributed by atoms with E-state index in [9.17, 15) is 9.59 Å². The minimum atomic E-state index is -0.186. The number of ether oxygens (including phenoxy) is 1. The summed E-state index contributed by atoms with van der Waals surface area (Å²) in [5.41, 5.74) is 2.22. The molecule has 1 aliphatic rings. The highest BCUT2D eigenvalue weighted by atomic mass is 16.5. The van der Waals surface area contributed by atoms with Crippen molar-refractivity contribution in [2.75, 3.05) is 6.61 Å². The molecule has 0 aromatic heterocycles. The molecular formula is C18H22O3. The van der Waals surface area contributed by atoms with E-state index in [2.05, 4.69) is 12.1 Å². The van der Waals surface area contributed by atoms with Crippen molar-refractivity contribution in [2.45, 2.75) is 33.1 Å². The summed E-state index contributed by atoms with van der Waals surface area (Å²) in [4.78, 5) is 23.5. The molecule has 1 saturated heterocycles. The van der Waals surface area contributed by atoms with Gasteiger partial charge >= 0.3 is 5.97 Å². The van der Waals surface area contributed by atoms with Gasteiger partial charge in [0, 0.05) is 18.8 Å². The van der Waals surface area contributed by atoms with Gasteiger partial charge in [0.05, 0.1) is 6.61 Å². The molecule has 1 aliphatic heterocycles. The van der Waals surface area contributed by atoms with Crippen molar-refractivity contribution in [3.05, 3.63) is 47.5 Å². The van der Waals surface area contributed by atoms with Gasteiger partial charge in [-0.1, -0.05) is 35.9 Å². The standard InChI is InChI=1S/C18H22O3/c1-13(2)8-17(19)10-15-11-18(20)21-12-16(15)9-14-6-4-3-5-7-14/h3-8,15-16H,9-12H2,1-2H3/t15?,16-/m0/s1. The van der Waals surface area contributed by atoms with E-state index in [4.69, 9.17) is 4.74 Å². The van der Waals surface area contributed by atoms with Crippen LogP contribution in [0.2, 0.25) is 0 Å². The van der Waals surface area contributed by atoms with Gasteiger partial charge in [-0.05, 0) is 37.8 Å². The van der Waals surface area contributed by atoms with E-state index >= 15 is 0 Å². The van der Waals surface area contributed by atoms with Crippen LogP contribution in [0.1, 0.15) is 32.3 Å². The van der Waals surface area contributed by atoms with Crippen LogP contribution in [0.15, 0.2) is 42.0 Å². The number of carbonyl (C=O) groups is 2. The van der Waals surface area contributed by atoms with E-state index in [1.807, 2.05) is 32.0 Å². The summed E-state index contributed by atoms with van der Waals surface area (Å²) in [5, 5.41) is 0. The van der Waals surface area contributed by atoms with Crippen molar-refractivity contribution >= 4 is 11.8 Å². The Hall–Kier alpha value is -1.90. The first-order valence-corrected chi connectivity index (χ1v) is 7.42. The van der Waals surface area contributed by atoms with Crippen LogP contribution in [0.25, 0.3) is 0 Å².